The fraction of sp³-hybridized carbons (Fsp3) is 1.00. The van der Waals surface area contributed by atoms with E-state index in [9.17, 15) is 0 Å². The van der Waals surface area contributed by atoms with Crippen LogP contribution in [0.2, 0.25) is 0 Å². The lowest BCUT2D eigenvalue weighted by molar-refractivity contribution is -0.0161. The first-order valence-electron chi connectivity index (χ1n) is 6.52. The number of hydrogen-bond acceptors (Lipinski definition) is 3. The molecule has 0 radical (unpaired) electrons. The molecule has 0 spiro atoms. The molecule has 96 valence electrons. The molecule has 0 bridgehead atoms. The Hall–Kier alpha value is -0.120. The van der Waals surface area contributed by atoms with Gasteiger partial charge < -0.3 is 15.0 Å². The minimum Gasteiger partial charge on any atom is -0.375 e. The van der Waals surface area contributed by atoms with Crippen LogP contribution in [0.25, 0.3) is 0 Å². The third kappa shape index (κ3) is 5.83. The zero-order valence-corrected chi connectivity index (χ0v) is 11.4. The van der Waals surface area contributed by atoms with Gasteiger partial charge in [0.05, 0.1) is 12.2 Å². The van der Waals surface area contributed by atoms with Crippen molar-refractivity contribution in [3.8, 4) is 0 Å². The van der Waals surface area contributed by atoms with Crippen molar-refractivity contribution < 1.29 is 4.74 Å². The Morgan fingerprint density at radius 2 is 1.88 bits per heavy atom. The summed E-state index contributed by atoms with van der Waals surface area (Å²) in [7, 11) is 2.05. The Kier molecular flexibility index (Phi) is 5.73. The molecule has 1 fully saturated rings. The molecular formula is C13H28N2O. The van der Waals surface area contributed by atoms with Gasteiger partial charge in [0.25, 0.3) is 0 Å². The van der Waals surface area contributed by atoms with Gasteiger partial charge in [-0.1, -0.05) is 0 Å². The number of likely N-dealkylation sites (tertiary alicyclic amines) is 1. The highest BCUT2D eigenvalue weighted by Crippen LogP contribution is 2.16. The van der Waals surface area contributed by atoms with Crippen LogP contribution in [0, 0.1) is 5.92 Å². The molecule has 1 heterocycles. The van der Waals surface area contributed by atoms with Crippen molar-refractivity contribution in [3.63, 3.8) is 0 Å². The molecule has 0 aliphatic carbocycles. The molecule has 16 heavy (non-hydrogen) atoms. The maximum absolute atomic E-state index is 5.75. The van der Waals surface area contributed by atoms with E-state index in [0.717, 1.165) is 19.1 Å². The summed E-state index contributed by atoms with van der Waals surface area (Å²) in [6.07, 6.45) is 2.66. The lowest BCUT2D eigenvalue weighted by atomic mass is 9.97. The first-order valence-corrected chi connectivity index (χ1v) is 6.52. The zero-order chi connectivity index (χ0) is 12.0. The van der Waals surface area contributed by atoms with Crippen molar-refractivity contribution >= 4 is 0 Å². The average molecular weight is 228 g/mol. The number of ether oxygens (including phenoxy) is 1. The Bertz CT molecular complexity index is 181. The van der Waals surface area contributed by atoms with Gasteiger partial charge in [-0.05, 0) is 66.2 Å². The van der Waals surface area contributed by atoms with E-state index in [-0.39, 0.29) is 5.60 Å². The molecule has 0 saturated carbocycles. The summed E-state index contributed by atoms with van der Waals surface area (Å²) in [6, 6.07) is 0. The third-order valence-corrected chi connectivity index (χ3v) is 3.14. The van der Waals surface area contributed by atoms with Crippen molar-refractivity contribution in [2.45, 2.75) is 39.2 Å². The standard InChI is InChI=1S/C13H28N2O/c1-13(2,3)16-10-9-15-7-5-12(6-8-15)11-14-4/h12,14H,5-11H2,1-4H3. The third-order valence-electron chi connectivity index (χ3n) is 3.14. The molecule has 3 heteroatoms. The first-order chi connectivity index (χ1) is 7.51. The summed E-state index contributed by atoms with van der Waals surface area (Å²) in [4.78, 5) is 2.53. The van der Waals surface area contributed by atoms with Gasteiger partial charge in [-0.15, -0.1) is 0 Å². The number of hydrogen-bond donors (Lipinski definition) is 1. The summed E-state index contributed by atoms with van der Waals surface area (Å²) in [5.74, 6) is 0.879. The van der Waals surface area contributed by atoms with Gasteiger partial charge in [-0.2, -0.15) is 0 Å². The molecule has 1 rings (SSSR count). The summed E-state index contributed by atoms with van der Waals surface area (Å²) in [6.45, 7) is 11.9. The van der Waals surface area contributed by atoms with Crippen molar-refractivity contribution in [3.05, 3.63) is 0 Å². The molecule has 0 atom stereocenters. The highest BCUT2D eigenvalue weighted by Gasteiger charge is 2.18. The van der Waals surface area contributed by atoms with Crippen molar-refractivity contribution in [1.29, 1.82) is 0 Å². The van der Waals surface area contributed by atoms with Crippen molar-refractivity contribution in [2.24, 2.45) is 5.92 Å². The lowest BCUT2D eigenvalue weighted by Crippen LogP contribution is -2.39. The Morgan fingerprint density at radius 3 is 2.38 bits per heavy atom. The van der Waals surface area contributed by atoms with E-state index in [2.05, 4.69) is 31.0 Å². The summed E-state index contributed by atoms with van der Waals surface area (Å²) in [5, 5.41) is 3.27. The lowest BCUT2D eigenvalue weighted by Gasteiger charge is -2.32. The van der Waals surface area contributed by atoms with Crippen molar-refractivity contribution in [2.75, 3.05) is 39.8 Å². The molecule has 1 aliphatic rings. The molecule has 0 amide bonds. The Morgan fingerprint density at radius 1 is 1.25 bits per heavy atom. The van der Waals surface area contributed by atoms with Crippen LogP contribution in [0.4, 0.5) is 0 Å². The number of nitrogens with one attached hydrogen (secondary N) is 1. The van der Waals surface area contributed by atoms with Crippen LogP contribution < -0.4 is 5.32 Å². The fourth-order valence-corrected chi connectivity index (χ4v) is 2.18. The predicted octanol–water partition coefficient (Wildman–Crippen LogP) is 1.73. The quantitative estimate of drug-likeness (QED) is 0.775. The largest absolute Gasteiger partial charge is 0.375 e. The van der Waals surface area contributed by atoms with Crippen LogP contribution in [0.1, 0.15) is 33.6 Å². The second-order valence-corrected chi connectivity index (χ2v) is 5.80. The molecule has 1 N–H and O–H groups in total. The number of nitrogens with zero attached hydrogens (tertiary/aromatic N) is 1. The van der Waals surface area contributed by atoms with Crippen LogP contribution in [-0.2, 0) is 4.74 Å². The van der Waals surface area contributed by atoms with Gasteiger partial charge in [-0.3, -0.25) is 0 Å². The van der Waals surface area contributed by atoms with Gasteiger partial charge >= 0.3 is 0 Å². The minimum absolute atomic E-state index is 0.00442. The highest BCUT2D eigenvalue weighted by atomic mass is 16.5. The van der Waals surface area contributed by atoms with Gasteiger partial charge in [-0.25, -0.2) is 0 Å². The molecule has 0 aromatic rings. The molecule has 1 saturated heterocycles. The maximum atomic E-state index is 5.75. The molecule has 3 nitrogen and oxygen atoms in total. The van der Waals surface area contributed by atoms with E-state index in [0.29, 0.717) is 0 Å². The fourth-order valence-electron chi connectivity index (χ4n) is 2.18. The zero-order valence-electron chi connectivity index (χ0n) is 11.4. The summed E-state index contributed by atoms with van der Waals surface area (Å²) >= 11 is 0. The van der Waals surface area contributed by atoms with Crippen LogP contribution in [0.3, 0.4) is 0 Å². The van der Waals surface area contributed by atoms with E-state index < -0.39 is 0 Å². The predicted molar refractivity (Wildman–Crippen MR) is 68.8 cm³/mol. The molecule has 0 aromatic heterocycles. The normalized spacial score (nSPS) is 20.2. The Balaban J connectivity index is 2.08. The van der Waals surface area contributed by atoms with E-state index in [1.165, 1.54) is 32.5 Å². The monoisotopic (exact) mass is 228 g/mol. The van der Waals surface area contributed by atoms with Gasteiger partial charge in [0.2, 0.25) is 0 Å². The van der Waals surface area contributed by atoms with Gasteiger partial charge in [0, 0.05) is 6.54 Å². The summed E-state index contributed by atoms with van der Waals surface area (Å²) in [5.41, 5.74) is 0.00442. The van der Waals surface area contributed by atoms with E-state index in [1.54, 1.807) is 0 Å². The average Bonchev–Trinajstić information content (AvgIpc) is 2.19. The van der Waals surface area contributed by atoms with Crippen LogP contribution in [0.15, 0.2) is 0 Å². The van der Waals surface area contributed by atoms with Gasteiger partial charge in [0.1, 0.15) is 0 Å². The smallest absolute Gasteiger partial charge is 0.0600 e. The number of rotatable bonds is 5. The van der Waals surface area contributed by atoms with E-state index >= 15 is 0 Å². The van der Waals surface area contributed by atoms with Crippen LogP contribution in [-0.4, -0.2) is 50.3 Å². The van der Waals surface area contributed by atoms with Crippen LogP contribution in [0.5, 0.6) is 0 Å². The van der Waals surface area contributed by atoms with Gasteiger partial charge in [0.15, 0.2) is 0 Å². The topological polar surface area (TPSA) is 24.5 Å². The maximum Gasteiger partial charge on any atom is 0.0600 e. The molecule has 0 unspecified atom stereocenters. The highest BCUT2D eigenvalue weighted by molar-refractivity contribution is 4.73. The number of piperidine rings is 1. The van der Waals surface area contributed by atoms with Crippen LogP contribution >= 0.6 is 0 Å². The summed E-state index contributed by atoms with van der Waals surface area (Å²) < 4.78 is 5.75. The van der Waals surface area contributed by atoms with E-state index in [4.69, 9.17) is 4.74 Å². The van der Waals surface area contributed by atoms with E-state index in [1.807, 2.05) is 7.05 Å². The van der Waals surface area contributed by atoms with Crippen molar-refractivity contribution in [1.82, 2.24) is 10.2 Å². The Labute approximate surface area is 101 Å². The second kappa shape index (κ2) is 6.58. The molecule has 1 aliphatic heterocycles. The SMILES string of the molecule is CNCC1CCN(CCOC(C)(C)C)CC1. The first kappa shape index (κ1) is 13.9. The minimum atomic E-state index is 0.00442. The molecular weight excluding hydrogens is 200 g/mol. The second-order valence-electron chi connectivity index (χ2n) is 5.80. The molecule has 0 aromatic carbocycles.